The van der Waals surface area contributed by atoms with Gasteiger partial charge in [-0.25, -0.2) is 4.39 Å². The zero-order valence-corrected chi connectivity index (χ0v) is 18.6. The summed E-state index contributed by atoms with van der Waals surface area (Å²) in [6.07, 6.45) is -3.04. The van der Waals surface area contributed by atoms with Crippen molar-refractivity contribution in [1.29, 1.82) is 5.41 Å². The van der Waals surface area contributed by atoms with Gasteiger partial charge >= 0.3 is 12.1 Å². The Morgan fingerprint density at radius 3 is 2.25 bits per heavy atom. The van der Waals surface area contributed by atoms with Gasteiger partial charge in [-0.2, -0.15) is 13.2 Å². The first-order chi connectivity index (χ1) is 14.8. The van der Waals surface area contributed by atoms with Crippen molar-refractivity contribution in [1.82, 2.24) is 5.32 Å². The fourth-order valence-electron chi connectivity index (χ4n) is 3.63. The molecule has 0 aliphatic carbocycles. The van der Waals surface area contributed by atoms with Crippen molar-refractivity contribution in [3.63, 3.8) is 0 Å². The monoisotopic (exact) mass is 451 g/mol. The van der Waals surface area contributed by atoms with Crippen molar-refractivity contribution in [3.05, 3.63) is 59.4 Å². The Labute approximate surface area is 185 Å². The molecule has 0 saturated heterocycles. The predicted octanol–water partition coefficient (Wildman–Crippen LogP) is 6.40. The molecule has 0 aliphatic rings. The normalized spacial score (nSPS) is 13.0. The average Bonchev–Trinajstić information content (AvgIpc) is 2.71. The average molecular weight is 452 g/mol. The second-order valence-electron chi connectivity index (χ2n) is 8.97. The standard InChI is InChI=1S/C24H29F4N3O/c1-15(2)11-20(23(3,4)14-30-22(32)24(26,27)28)16-5-10-21(17(12-16)13-29)31-19-8-6-18(25)7-9-19/h5-10,12-13,15,20,29,31H,11,14H2,1-4H3,(H,30,32). The molecule has 0 aromatic heterocycles. The number of hydrogen-bond donors (Lipinski definition) is 3. The van der Waals surface area contributed by atoms with Crippen LogP contribution in [0.4, 0.5) is 28.9 Å². The summed E-state index contributed by atoms with van der Waals surface area (Å²) in [5.41, 5.74) is 2.11. The van der Waals surface area contributed by atoms with E-state index in [4.69, 9.17) is 5.41 Å². The van der Waals surface area contributed by atoms with Gasteiger partial charge < -0.3 is 16.0 Å². The number of carbonyl (C=O) groups is 1. The molecule has 0 heterocycles. The summed E-state index contributed by atoms with van der Waals surface area (Å²) in [4.78, 5) is 11.3. The molecule has 0 fully saturated rings. The molecule has 1 unspecified atom stereocenters. The number of nitrogens with one attached hydrogen (secondary N) is 3. The van der Waals surface area contributed by atoms with E-state index in [0.29, 0.717) is 23.4 Å². The third kappa shape index (κ3) is 6.80. The number of halogens is 4. The largest absolute Gasteiger partial charge is 0.471 e. The summed E-state index contributed by atoms with van der Waals surface area (Å²) in [5, 5.41) is 13.0. The number of anilines is 2. The second-order valence-corrected chi connectivity index (χ2v) is 8.97. The van der Waals surface area contributed by atoms with Crippen LogP contribution in [0.3, 0.4) is 0 Å². The van der Waals surface area contributed by atoms with Crippen molar-refractivity contribution < 1.29 is 22.4 Å². The van der Waals surface area contributed by atoms with Gasteiger partial charge in [0, 0.05) is 29.7 Å². The number of benzene rings is 2. The van der Waals surface area contributed by atoms with Crippen LogP contribution in [0.5, 0.6) is 0 Å². The number of rotatable bonds is 9. The van der Waals surface area contributed by atoms with Crippen LogP contribution in [-0.4, -0.2) is 24.8 Å². The van der Waals surface area contributed by atoms with E-state index >= 15 is 0 Å². The summed E-state index contributed by atoms with van der Waals surface area (Å²) in [7, 11) is 0. The third-order valence-corrected chi connectivity index (χ3v) is 5.37. The minimum Gasteiger partial charge on any atom is -0.355 e. The molecule has 2 aromatic rings. The summed E-state index contributed by atoms with van der Waals surface area (Å²) in [5.74, 6) is -2.20. The molecule has 1 atom stereocenters. The quantitative estimate of drug-likeness (QED) is 0.305. The molecule has 32 heavy (non-hydrogen) atoms. The second kappa shape index (κ2) is 10.1. The lowest BCUT2D eigenvalue weighted by Gasteiger charge is -2.36. The molecular formula is C24H29F4N3O. The van der Waals surface area contributed by atoms with Gasteiger partial charge in [0.2, 0.25) is 0 Å². The number of hydrogen-bond acceptors (Lipinski definition) is 3. The lowest BCUT2D eigenvalue weighted by molar-refractivity contribution is -0.174. The molecule has 0 spiro atoms. The first-order valence-electron chi connectivity index (χ1n) is 10.4. The predicted molar refractivity (Wildman–Crippen MR) is 119 cm³/mol. The van der Waals surface area contributed by atoms with Gasteiger partial charge in [0.05, 0.1) is 0 Å². The lowest BCUT2D eigenvalue weighted by atomic mass is 9.71. The smallest absolute Gasteiger partial charge is 0.355 e. The van der Waals surface area contributed by atoms with Crippen LogP contribution in [0, 0.1) is 22.6 Å². The Hall–Kier alpha value is -2.90. The van der Waals surface area contributed by atoms with Crippen LogP contribution >= 0.6 is 0 Å². The SMILES string of the molecule is CC(C)CC(c1ccc(Nc2ccc(F)cc2)c(C=N)c1)C(C)(C)CNC(=O)C(F)(F)F. The van der Waals surface area contributed by atoms with Crippen molar-refractivity contribution in [2.24, 2.45) is 11.3 Å². The summed E-state index contributed by atoms with van der Waals surface area (Å²) < 4.78 is 51.1. The first kappa shape index (κ1) is 25.4. The molecule has 0 radical (unpaired) electrons. The molecule has 4 nitrogen and oxygen atoms in total. The van der Waals surface area contributed by atoms with E-state index in [9.17, 15) is 22.4 Å². The van der Waals surface area contributed by atoms with E-state index in [0.717, 1.165) is 5.56 Å². The Kier molecular flexibility index (Phi) is 8.04. The first-order valence-corrected chi connectivity index (χ1v) is 10.4. The highest BCUT2D eigenvalue weighted by Crippen LogP contribution is 2.41. The van der Waals surface area contributed by atoms with E-state index in [1.807, 2.05) is 45.1 Å². The number of alkyl halides is 3. The van der Waals surface area contributed by atoms with Gasteiger partial charge in [-0.1, -0.05) is 33.8 Å². The Morgan fingerprint density at radius 1 is 1.09 bits per heavy atom. The molecule has 1 amide bonds. The van der Waals surface area contributed by atoms with E-state index in [2.05, 4.69) is 5.32 Å². The Morgan fingerprint density at radius 2 is 1.72 bits per heavy atom. The summed E-state index contributed by atoms with van der Waals surface area (Å²) in [6, 6.07) is 11.3. The van der Waals surface area contributed by atoms with Crippen LogP contribution < -0.4 is 10.6 Å². The maximum atomic E-state index is 13.2. The van der Waals surface area contributed by atoms with Crippen molar-refractivity contribution >= 4 is 23.5 Å². The minimum atomic E-state index is -4.93. The van der Waals surface area contributed by atoms with Gasteiger partial charge in [0.25, 0.3) is 0 Å². The highest BCUT2D eigenvalue weighted by atomic mass is 19.4. The molecular weight excluding hydrogens is 422 g/mol. The number of carbonyl (C=O) groups excluding carboxylic acids is 1. The van der Waals surface area contributed by atoms with Gasteiger partial charge in [-0.3, -0.25) is 4.79 Å². The van der Waals surface area contributed by atoms with E-state index in [1.165, 1.54) is 18.3 Å². The lowest BCUT2D eigenvalue weighted by Crippen LogP contribution is -2.43. The van der Waals surface area contributed by atoms with Crippen LogP contribution in [-0.2, 0) is 4.79 Å². The molecule has 0 saturated carbocycles. The van der Waals surface area contributed by atoms with E-state index < -0.39 is 17.5 Å². The van der Waals surface area contributed by atoms with Gasteiger partial charge in [0.15, 0.2) is 0 Å². The van der Waals surface area contributed by atoms with Crippen LogP contribution in [0.2, 0.25) is 0 Å². The van der Waals surface area contributed by atoms with E-state index in [1.54, 1.807) is 18.2 Å². The molecule has 3 N–H and O–H groups in total. The molecule has 2 aromatic carbocycles. The van der Waals surface area contributed by atoms with Crippen LogP contribution in [0.25, 0.3) is 0 Å². The van der Waals surface area contributed by atoms with Gasteiger partial charge in [0.1, 0.15) is 5.82 Å². The van der Waals surface area contributed by atoms with Gasteiger partial charge in [-0.05, 0) is 65.6 Å². The van der Waals surface area contributed by atoms with Crippen molar-refractivity contribution in [2.45, 2.75) is 46.2 Å². The van der Waals surface area contributed by atoms with Crippen LogP contribution in [0.15, 0.2) is 42.5 Å². The van der Waals surface area contributed by atoms with Gasteiger partial charge in [-0.15, -0.1) is 0 Å². The fourth-order valence-corrected chi connectivity index (χ4v) is 3.63. The molecule has 0 bridgehead atoms. The highest BCUT2D eigenvalue weighted by Gasteiger charge is 2.40. The minimum absolute atomic E-state index is 0.141. The van der Waals surface area contributed by atoms with E-state index in [-0.39, 0.29) is 24.2 Å². The maximum Gasteiger partial charge on any atom is 0.471 e. The number of amides is 1. The van der Waals surface area contributed by atoms with Crippen molar-refractivity contribution in [2.75, 3.05) is 11.9 Å². The van der Waals surface area contributed by atoms with Crippen LogP contribution in [0.1, 0.15) is 51.2 Å². The third-order valence-electron chi connectivity index (χ3n) is 5.37. The highest BCUT2D eigenvalue weighted by molar-refractivity contribution is 5.87. The molecule has 8 heteroatoms. The summed E-state index contributed by atoms with van der Waals surface area (Å²) >= 11 is 0. The topological polar surface area (TPSA) is 65.0 Å². The van der Waals surface area contributed by atoms with Crippen molar-refractivity contribution in [3.8, 4) is 0 Å². The fraction of sp³-hybridized carbons (Fsp3) is 0.417. The molecule has 174 valence electrons. The maximum absolute atomic E-state index is 13.2. The molecule has 0 aliphatic heterocycles. The Balaban J connectivity index is 2.32. The Bertz CT molecular complexity index is 937. The molecule has 2 rings (SSSR count). The zero-order chi connectivity index (χ0) is 24.1. The summed E-state index contributed by atoms with van der Waals surface area (Å²) in [6.45, 7) is 7.56. The zero-order valence-electron chi connectivity index (χ0n) is 18.6.